The largest absolute Gasteiger partial charge is 0.379 e. The van der Waals surface area contributed by atoms with Gasteiger partial charge < -0.3 is 10.1 Å². The van der Waals surface area contributed by atoms with E-state index in [2.05, 4.69) is 37.3 Å². The van der Waals surface area contributed by atoms with Gasteiger partial charge in [0.15, 0.2) is 0 Å². The van der Waals surface area contributed by atoms with Crippen LogP contribution in [0.15, 0.2) is 34.9 Å². The second kappa shape index (κ2) is 7.25. The van der Waals surface area contributed by atoms with E-state index < -0.39 is 0 Å². The maximum Gasteiger partial charge on any atom is 0.275 e. The van der Waals surface area contributed by atoms with Crippen LogP contribution in [0.4, 0.5) is 5.69 Å². The highest BCUT2D eigenvalue weighted by atomic mass is 79.9. The summed E-state index contributed by atoms with van der Waals surface area (Å²) in [4.78, 5) is 14.7. The number of nitrogens with one attached hydrogen (secondary N) is 1. The van der Waals surface area contributed by atoms with Crippen molar-refractivity contribution in [3.63, 3.8) is 0 Å². The highest BCUT2D eigenvalue weighted by Gasteiger charge is 2.16. The van der Waals surface area contributed by atoms with Gasteiger partial charge in [-0.1, -0.05) is 12.1 Å². The topological polar surface area (TPSA) is 59.4 Å². The zero-order valence-electron chi connectivity index (χ0n) is 13.0. The molecule has 0 spiro atoms. The molecule has 2 aromatic rings. The van der Waals surface area contributed by atoms with E-state index in [1.807, 2.05) is 18.2 Å². The zero-order valence-corrected chi connectivity index (χ0v) is 14.5. The lowest BCUT2D eigenvalue weighted by molar-refractivity contribution is 0.0342. The maximum absolute atomic E-state index is 12.4. The molecule has 1 aromatic carbocycles. The molecule has 0 atom stereocenters. The van der Waals surface area contributed by atoms with Crippen molar-refractivity contribution in [1.82, 2.24) is 14.7 Å². The van der Waals surface area contributed by atoms with Crippen molar-refractivity contribution < 1.29 is 9.53 Å². The Kier molecular flexibility index (Phi) is 5.09. The van der Waals surface area contributed by atoms with Gasteiger partial charge in [-0.3, -0.25) is 14.4 Å². The number of anilines is 1. The van der Waals surface area contributed by atoms with E-state index in [0.29, 0.717) is 10.2 Å². The van der Waals surface area contributed by atoms with Crippen molar-refractivity contribution in [3.05, 3.63) is 46.2 Å². The summed E-state index contributed by atoms with van der Waals surface area (Å²) in [6, 6.07) is 7.94. The van der Waals surface area contributed by atoms with Crippen LogP contribution in [0.3, 0.4) is 0 Å². The summed E-state index contributed by atoms with van der Waals surface area (Å²) in [7, 11) is 1.74. The minimum absolute atomic E-state index is 0.180. The third-order valence-corrected chi connectivity index (χ3v) is 4.38. The van der Waals surface area contributed by atoms with E-state index in [0.717, 1.165) is 38.5 Å². The molecule has 1 N–H and O–H groups in total. The highest BCUT2D eigenvalue weighted by Crippen LogP contribution is 2.18. The Morgan fingerprint density at radius 1 is 1.39 bits per heavy atom. The Morgan fingerprint density at radius 2 is 2.17 bits per heavy atom. The van der Waals surface area contributed by atoms with Gasteiger partial charge in [-0.25, -0.2) is 0 Å². The minimum Gasteiger partial charge on any atom is -0.379 e. The first-order valence-corrected chi connectivity index (χ1v) is 8.30. The molecule has 0 aliphatic carbocycles. The fraction of sp³-hybridized carbons (Fsp3) is 0.375. The number of aryl methyl sites for hydroxylation is 1. The van der Waals surface area contributed by atoms with Gasteiger partial charge in [0.25, 0.3) is 5.91 Å². The third kappa shape index (κ3) is 3.99. The summed E-state index contributed by atoms with van der Waals surface area (Å²) in [5.41, 5.74) is 2.46. The lowest BCUT2D eigenvalue weighted by atomic mass is 10.1. The molecule has 1 saturated heterocycles. The molecule has 0 bridgehead atoms. The summed E-state index contributed by atoms with van der Waals surface area (Å²) in [6.45, 7) is 4.31. The van der Waals surface area contributed by atoms with E-state index in [4.69, 9.17) is 4.74 Å². The number of amides is 1. The number of carbonyl (C=O) groups is 1. The van der Waals surface area contributed by atoms with Crippen LogP contribution in [-0.4, -0.2) is 46.9 Å². The number of aromatic nitrogens is 2. The average molecular weight is 379 g/mol. The number of morpholine rings is 1. The fourth-order valence-electron chi connectivity index (χ4n) is 2.62. The number of ether oxygens (including phenoxy) is 1. The molecule has 3 rings (SSSR count). The van der Waals surface area contributed by atoms with E-state index in [9.17, 15) is 4.79 Å². The molecular weight excluding hydrogens is 360 g/mol. The molecule has 0 radical (unpaired) electrons. The molecule has 1 fully saturated rings. The van der Waals surface area contributed by atoms with Gasteiger partial charge in [0.2, 0.25) is 0 Å². The quantitative estimate of drug-likeness (QED) is 0.886. The summed E-state index contributed by atoms with van der Waals surface area (Å²) < 4.78 is 7.60. The number of halogens is 1. The third-order valence-electron chi connectivity index (χ3n) is 3.80. The van der Waals surface area contributed by atoms with Crippen LogP contribution < -0.4 is 5.32 Å². The van der Waals surface area contributed by atoms with Crippen molar-refractivity contribution in [1.29, 1.82) is 0 Å². The van der Waals surface area contributed by atoms with E-state index in [1.54, 1.807) is 17.9 Å². The van der Waals surface area contributed by atoms with Gasteiger partial charge in [0.1, 0.15) is 5.69 Å². The summed E-state index contributed by atoms with van der Waals surface area (Å²) >= 11 is 3.35. The van der Waals surface area contributed by atoms with Gasteiger partial charge in [-0.2, -0.15) is 5.10 Å². The molecule has 7 heteroatoms. The molecule has 1 aromatic heterocycles. The lowest BCUT2D eigenvalue weighted by Gasteiger charge is -2.26. The zero-order chi connectivity index (χ0) is 16.2. The predicted molar refractivity (Wildman–Crippen MR) is 91.4 cm³/mol. The van der Waals surface area contributed by atoms with E-state index in [1.165, 1.54) is 5.56 Å². The van der Waals surface area contributed by atoms with Gasteiger partial charge in [0, 0.05) is 32.4 Å². The van der Waals surface area contributed by atoms with Crippen LogP contribution in [-0.2, 0) is 18.3 Å². The van der Waals surface area contributed by atoms with Crippen molar-refractivity contribution in [2.24, 2.45) is 7.05 Å². The molecule has 2 heterocycles. The highest BCUT2D eigenvalue weighted by molar-refractivity contribution is 9.10. The number of hydrogen-bond donors (Lipinski definition) is 1. The van der Waals surface area contributed by atoms with Crippen LogP contribution >= 0.6 is 15.9 Å². The van der Waals surface area contributed by atoms with E-state index in [-0.39, 0.29) is 5.91 Å². The molecule has 1 amide bonds. The molecule has 122 valence electrons. The lowest BCUT2D eigenvalue weighted by Crippen LogP contribution is -2.35. The van der Waals surface area contributed by atoms with Crippen molar-refractivity contribution in [2.45, 2.75) is 6.54 Å². The van der Waals surface area contributed by atoms with Gasteiger partial charge in [-0.15, -0.1) is 0 Å². The number of rotatable bonds is 4. The van der Waals surface area contributed by atoms with Crippen LogP contribution in [0.1, 0.15) is 16.1 Å². The van der Waals surface area contributed by atoms with Crippen molar-refractivity contribution in [3.8, 4) is 0 Å². The second-order valence-corrected chi connectivity index (χ2v) is 6.36. The van der Waals surface area contributed by atoms with Crippen LogP contribution in [0.5, 0.6) is 0 Å². The van der Waals surface area contributed by atoms with E-state index >= 15 is 0 Å². The average Bonchev–Trinajstić information content (AvgIpc) is 2.87. The Bertz CT molecular complexity index is 676. The Balaban J connectivity index is 1.68. The van der Waals surface area contributed by atoms with Gasteiger partial charge in [0.05, 0.1) is 23.9 Å². The predicted octanol–water partition coefficient (Wildman–Crippen LogP) is 2.27. The Hall–Kier alpha value is -1.70. The number of benzene rings is 1. The first-order valence-electron chi connectivity index (χ1n) is 7.51. The monoisotopic (exact) mass is 378 g/mol. The molecule has 1 aliphatic rings. The van der Waals surface area contributed by atoms with Crippen LogP contribution in [0, 0.1) is 0 Å². The second-order valence-electron chi connectivity index (χ2n) is 5.51. The molecule has 1 aliphatic heterocycles. The smallest absolute Gasteiger partial charge is 0.275 e. The van der Waals surface area contributed by atoms with Gasteiger partial charge >= 0.3 is 0 Å². The molecule has 0 unspecified atom stereocenters. The van der Waals surface area contributed by atoms with Crippen molar-refractivity contribution >= 4 is 27.5 Å². The number of hydrogen-bond acceptors (Lipinski definition) is 4. The number of carbonyl (C=O) groups excluding carboxylic acids is 1. The van der Waals surface area contributed by atoms with Crippen molar-refractivity contribution in [2.75, 3.05) is 31.6 Å². The molecule has 0 saturated carbocycles. The summed E-state index contributed by atoms with van der Waals surface area (Å²) in [6.07, 6.45) is 1.61. The number of nitrogens with zero attached hydrogens (tertiary/aromatic N) is 3. The van der Waals surface area contributed by atoms with Crippen LogP contribution in [0.25, 0.3) is 0 Å². The molecule has 6 nitrogen and oxygen atoms in total. The standard InChI is InChI=1S/C16H19BrN4O2/c1-20-15(14(17)10-18-20)16(22)19-13-4-2-3-12(9-13)11-21-5-7-23-8-6-21/h2-4,9-10H,5-8,11H2,1H3,(H,19,22). The normalized spacial score (nSPS) is 15.6. The maximum atomic E-state index is 12.4. The molecule has 23 heavy (non-hydrogen) atoms. The Labute approximate surface area is 143 Å². The summed E-state index contributed by atoms with van der Waals surface area (Å²) in [5, 5.41) is 6.99. The Morgan fingerprint density at radius 3 is 2.87 bits per heavy atom. The first kappa shape index (κ1) is 16.2. The molecular formula is C16H19BrN4O2. The SMILES string of the molecule is Cn1ncc(Br)c1C(=O)Nc1cccc(CN2CCOCC2)c1. The summed E-state index contributed by atoms with van der Waals surface area (Å²) in [5.74, 6) is -0.180. The fourth-order valence-corrected chi connectivity index (χ4v) is 3.15. The van der Waals surface area contributed by atoms with Gasteiger partial charge in [-0.05, 0) is 33.6 Å². The first-order chi connectivity index (χ1) is 11.1. The van der Waals surface area contributed by atoms with Crippen LogP contribution in [0.2, 0.25) is 0 Å². The minimum atomic E-state index is -0.180.